The van der Waals surface area contributed by atoms with Crippen molar-refractivity contribution >= 4 is 41.5 Å². The molecular formula is C15H21ClIN5O. The molecule has 0 spiro atoms. The Hall–Kier alpha value is -1.35. The second-order valence-corrected chi connectivity index (χ2v) is 5.17. The summed E-state index contributed by atoms with van der Waals surface area (Å²) in [5.74, 6) is 2.02. The van der Waals surface area contributed by atoms with Gasteiger partial charge in [-0.25, -0.2) is 4.99 Å². The van der Waals surface area contributed by atoms with Crippen LogP contribution in [-0.4, -0.2) is 29.2 Å². The Morgan fingerprint density at radius 1 is 1.35 bits per heavy atom. The van der Waals surface area contributed by atoms with E-state index >= 15 is 0 Å². The highest BCUT2D eigenvalue weighted by Gasteiger charge is 2.03. The minimum absolute atomic E-state index is 0. The molecule has 0 unspecified atom stereocenters. The van der Waals surface area contributed by atoms with Crippen molar-refractivity contribution in [2.45, 2.75) is 26.8 Å². The van der Waals surface area contributed by atoms with Gasteiger partial charge >= 0.3 is 0 Å². The number of aryl methyl sites for hydroxylation is 1. The van der Waals surface area contributed by atoms with Crippen LogP contribution in [0.2, 0.25) is 5.02 Å². The first-order valence-corrected chi connectivity index (χ1v) is 7.61. The third-order valence-electron chi connectivity index (χ3n) is 2.85. The summed E-state index contributed by atoms with van der Waals surface area (Å²) in [5, 5.41) is 10.9. The summed E-state index contributed by atoms with van der Waals surface area (Å²) in [4.78, 5) is 8.69. The van der Waals surface area contributed by atoms with Crippen molar-refractivity contribution in [2.24, 2.45) is 4.99 Å². The highest BCUT2D eigenvalue weighted by molar-refractivity contribution is 14.0. The molecule has 126 valence electrons. The van der Waals surface area contributed by atoms with E-state index in [1.165, 1.54) is 0 Å². The van der Waals surface area contributed by atoms with Gasteiger partial charge in [-0.15, -0.1) is 24.0 Å². The molecule has 0 saturated heterocycles. The van der Waals surface area contributed by atoms with E-state index in [1.807, 2.05) is 31.2 Å². The summed E-state index contributed by atoms with van der Waals surface area (Å²) in [6.45, 7) is 5.86. The van der Waals surface area contributed by atoms with Crippen molar-refractivity contribution in [1.29, 1.82) is 0 Å². The Kier molecular flexibility index (Phi) is 8.93. The number of nitrogens with one attached hydrogen (secondary N) is 2. The summed E-state index contributed by atoms with van der Waals surface area (Å²) in [6, 6.07) is 7.69. The van der Waals surface area contributed by atoms with E-state index in [0.717, 1.165) is 23.1 Å². The van der Waals surface area contributed by atoms with Gasteiger partial charge in [-0.05, 0) is 31.5 Å². The third kappa shape index (κ3) is 7.17. The fourth-order valence-corrected chi connectivity index (χ4v) is 2.09. The van der Waals surface area contributed by atoms with Crippen LogP contribution in [-0.2, 0) is 13.0 Å². The Morgan fingerprint density at radius 3 is 2.83 bits per heavy atom. The molecule has 0 fully saturated rings. The minimum atomic E-state index is 0. The lowest BCUT2D eigenvalue weighted by molar-refractivity contribution is 0.374. The number of hydrogen-bond acceptors (Lipinski definition) is 4. The van der Waals surface area contributed by atoms with Crippen LogP contribution < -0.4 is 10.6 Å². The third-order valence-corrected chi connectivity index (χ3v) is 3.09. The van der Waals surface area contributed by atoms with Crippen LogP contribution in [0.4, 0.5) is 0 Å². The molecule has 6 nitrogen and oxygen atoms in total. The quantitative estimate of drug-likeness (QED) is 0.403. The van der Waals surface area contributed by atoms with Crippen molar-refractivity contribution in [3.8, 4) is 0 Å². The Balaban J connectivity index is 0.00000264. The van der Waals surface area contributed by atoms with E-state index in [-0.39, 0.29) is 24.0 Å². The molecule has 0 aliphatic heterocycles. The number of aliphatic imine (C=N–C) groups is 1. The average molecular weight is 450 g/mol. The van der Waals surface area contributed by atoms with Gasteiger partial charge in [-0.1, -0.05) is 28.9 Å². The maximum Gasteiger partial charge on any atom is 0.228 e. The topological polar surface area (TPSA) is 75.3 Å². The lowest BCUT2D eigenvalue weighted by Crippen LogP contribution is -2.38. The molecule has 0 atom stereocenters. The first-order chi connectivity index (χ1) is 10.7. The van der Waals surface area contributed by atoms with Gasteiger partial charge in [-0.3, -0.25) is 0 Å². The smallest absolute Gasteiger partial charge is 0.228 e. The molecule has 0 aliphatic carbocycles. The van der Waals surface area contributed by atoms with E-state index in [0.29, 0.717) is 31.2 Å². The number of nitrogens with zero attached hydrogens (tertiary/aromatic N) is 3. The highest BCUT2D eigenvalue weighted by atomic mass is 127. The molecule has 23 heavy (non-hydrogen) atoms. The second-order valence-electron chi connectivity index (χ2n) is 4.74. The van der Waals surface area contributed by atoms with Gasteiger partial charge in [0.2, 0.25) is 5.89 Å². The van der Waals surface area contributed by atoms with Crippen LogP contribution in [0.3, 0.4) is 0 Å². The first-order valence-electron chi connectivity index (χ1n) is 7.23. The maximum atomic E-state index is 5.97. The van der Waals surface area contributed by atoms with E-state index in [4.69, 9.17) is 16.1 Å². The normalized spacial score (nSPS) is 11.0. The minimum Gasteiger partial charge on any atom is -0.357 e. The number of guanidine groups is 1. The lowest BCUT2D eigenvalue weighted by atomic mass is 10.2. The zero-order valence-corrected chi connectivity index (χ0v) is 16.3. The average Bonchev–Trinajstić information content (AvgIpc) is 2.90. The molecule has 0 aliphatic rings. The SMILES string of the molecule is CCNC(=NCc1cccc(Cl)c1)NCCc1nc(C)no1.I. The van der Waals surface area contributed by atoms with Crippen molar-refractivity contribution in [3.63, 3.8) is 0 Å². The Morgan fingerprint density at radius 2 is 2.17 bits per heavy atom. The number of benzene rings is 1. The molecule has 1 heterocycles. The standard InChI is InChI=1S/C15H20ClN5O.HI/c1-3-17-15(18-8-7-14-20-11(2)21-22-14)19-10-12-5-4-6-13(16)9-12;/h4-6,9H,3,7-8,10H2,1-2H3,(H2,17,18,19);1H. The molecule has 0 radical (unpaired) electrons. The number of halogens is 2. The fourth-order valence-electron chi connectivity index (χ4n) is 1.88. The van der Waals surface area contributed by atoms with Gasteiger partial charge in [0.05, 0.1) is 6.54 Å². The van der Waals surface area contributed by atoms with E-state index in [9.17, 15) is 0 Å². The molecule has 8 heteroatoms. The van der Waals surface area contributed by atoms with Crippen LogP contribution in [0.1, 0.15) is 24.2 Å². The van der Waals surface area contributed by atoms with Gasteiger partial charge in [0.15, 0.2) is 11.8 Å². The van der Waals surface area contributed by atoms with Gasteiger partial charge in [0.25, 0.3) is 0 Å². The summed E-state index contributed by atoms with van der Waals surface area (Å²) in [6.07, 6.45) is 0.655. The molecule has 2 N–H and O–H groups in total. The zero-order chi connectivity index (χ0) is 15.8. The van der Waals surface area contributed by atoms with E-state index in [1.54, 1.807) is 6.92 Å². The predicted octanol–water partition coefficient (Wildman–Crippen LogP) is 2.95. The van der Waals surface area contributed by atoms with Crippen LogP contribution in [0.15, 0.2) is 33.8 Å². The van der Waals surface area contributed by atoms with Crippen molar-refractivity contribution in [3.05, 3.63) is 46.6 Å². The van der Waals surface area contributed by atoms with Crippen LogP contribution in [0, 0.1) is 6.92 Å². The van der Waals surface area contributed by atoms with Crippen LogP contribution >= 0.6 is 35.6 Å². The highest BCUT2D eigenvalue weighted by Crippen LogP contribution is 2.11. The number of aromatic nitrogens is 2. The molecule has 1 aromatic heterocycles. The molecule has 0 amide bonds. The monoisotopic (exact) mass is 449 g/mol. The van der Waals surface area contributed by atoms with E-state index < -0.39 is 0 Å². The lowest BCUT2D eigenvalue weighted by Gasteiger charge is -2.10. The summed E-state index contributed by atoms with van der Waals surface area (Å²) >= 11 is 5.97. The molecule has 1 aromatic carbocycles. The van der Waals surface area contributed by atoms with Crippen molar-refractivity contribution in [2.75, 3.05) is 13.1 Å². The Labute approximate surface area is 158 Å². The molecule has 0 bridgehead atoms. The van der Waals surface area contributed by atoms with Gasteiger partial charge in [0.1, 0.15) is 0 Å². The summed E-state index contributed by atoms with van der Waals surface area (Å²) in [7, 11) is 0. The van der Waals surface area contributed by atoms with Gasteiger partial charge in [0, 0.05) is 24.5 Å². The van der Waals surface area contributed by atoms with Crippen molar-refractivity contribution < 1.29 is 4.52 Å². The zero-order valence-electron chi connectivity index (χ0n) is 13.2. The molecule has 2 aromatic rings. The van der Waals surface area contributed by atoms with Crippen LogP contribution in [0.25, 0.3) is 0 Å². The molecule has 0 saturated carbocycles. The van der Waals surface area contributed by atoms with Crippen molar-refractivity contribution in [1.82, 2.24) is 20.8 Å². The van der Waals surface area contributed by atoms with Gasteiger partial charge < -0.3 is 15.2 Å². The van der Waals surface area contributed by atoms with Crippen LogP contribution in [0.5, 0.6) is 0 Å². The van der Waals surface area contributed by atoms with Gasteiger partial charge in [-0.2, -0.15) is 4.98 Å². The first kappa shape index (κ1) is 19.7. The summed E-state index contributed by atoms with van der Waals surface area (Å²) in [5.41, 5.74) is 1.07. The number of hydrogen-bond donors (Lipinski definition) is 2. The molecule has 2 rings (SSSR count). The van der Waals surface area contributed by atoms with E-state index in [2.05, 4.69) is 25.8 Å². The fraction of sp³-hybridized carbons (Fsp3) is 0.400. The second kappa shape index (κ2) is 10.4. The number of rotatable bonds is 6. The predicted molar refractivity (Wildman–Crippen MR) is 102 cm³/mol. The summed E-state index contributed by atoms with van der Waals surface area (Å²) < 4.78 is 5.07. The molecular weight excluding hydrogens is 429 g/mol. The maximum absolute atomic E-state index is 5.97. The Bertz CT molecular complexity index is 632. The largest absolute Gasteiger partial charge is 0.357 e.